The molecule has 0 bridgehead atoms. The van der Waals surface area contributed by atoms with Crippen molar-refractivity contribution < 1.29 is 9.59 Å². The Bertz CT molecular complexity index is 545. The van der Waals surface area contributed by atoms with Crippen LogP contribution in [0, 0.1) is 0 Å². The van der Waals surface area contributed by atoms with Crippen LogP contribution in [0.3, 0.4) is 0 Å². The van der Waals surface area contributed by atoms with E-state index in [4.69, 9.17) is 0 Å². The smallest absolute Gasteiger partial charge is 0.309 e. The minimum absolute atomic E-state index is 0.0440. The number of carbonyl (C=O) groups is 2. The van der Waals surface area contributed by atoms with Gasteiger partial charge in [0.2, 0.25) is 0 Å². The first-order valence-electron chi connectivity index (χ1n) is 8.93. The first-order chi connectivity index (χ1) is 11.5. The molecule has 1 atom stereocenters. The number of rotatable bonds is 5. The van der Waals surface area contributed by atoms with Crippen LogP contribution in [0.25, 0.3) is 0 Å². The van der Waals surface area contributed by atoms with Crippen LogP contribution < -0.4 is 10.6 Å². The molecule has 1 fully saturated rings. The van der Waals surface area contributed by atoms with Gasteiger partial charge in [-0.3, -0.25) is 14.5 Å². The normalized spacial score (nSPS) is 17.3. The highest BCUT2D eigenvalue weighted by Crippen LogP contribution is 2.23. The molecular weight excluding hydrogens is 304 g/mol. The maximum Gasteiger partial charge on any atom is 0.309 e. The highest BCUT2D eigenvalue weighted by molar-refractivity contribution is 6.35. The molecule has 2 amide bonds. The van der Waals surface area contributed by atoms with Gasteiger partial charge in [-0.1, -0.05) is 12.8 Å². The summed E-state index contributed by atoms with van der Waals surface area (Å²) in [6.45, 7) is 6.19. The van der Waals surface area contributed by atoms with Crippen molar-refractivity contribution in [2.75, 3.05) is 19.6 Å². The summed E-state index contributed by atoms with van der Waals surface area (Å²) in [6.07, 6.45) is 6.91. The molecule has 24 heavy (non-hydrogen) atoms. The Morgan fingerprint density at radius 3 is 2.33 bits per heavy atom. The van der Waals surface area contributed by atoms with Crippen molar-refractivity contribution >= 4 is 11.8 Å². The summed E-state index contributed by atoms with van der Waals surface area (Å²) in [6, 6.07) is 4.17. The molecular formula is C18H30N4O2. The van der Waals surface area contributed by atoms with Gasteiger partial charge in [0.05, 0.1) is 6.04 Å². The number of hydrogen-bond donors (Lipinski definition) is 2. The second kappa shape index (κ2) is 8.87. The molecule has 1 aromatic rings. The molecule has 6 heteroatoms. The maximum absolute atomic E-state index is 12.0. The van der Waals surface area contributed by atoms with Crippen LogP contribution in [-0.2, 0) is 16.6 Å². The molecule has 1 aromatic heterocycles. The predicted molar refractivity (Wildman–Crippen MR) is 94.5 cm³/mol. The Balaban J connectivity index is 2.05. The predicted octanol–water partition coefficient (Wildman–Crippen LogP) is 1.58. The third-order valence-corrected chi connectivity index (χ3v) is 4.49. The molecule has 6 nitrogen and oxygen atoms in total. The Morgan fingerprint density at radius 1 is 1.12 bits per heavy atom. The van der Waals surface area contributed by atoms with E-state index in [0.717, 1.165) is 13.1 Å². The van der Waals surface area contributed by atoms with Gasteiger partial charge in [-0.2, -0.15) is 0 Å². The average Bonchev–Trinajstić information content (AvgIpc) is 2.79. The Hall–Kier alpha value is -1.82. The third kappa shape index (κ3) is 5.09. The summed E-state index contributed by atoms with van der Waals surface area (Å²) in [5.74, 6) is -1.12. The molecule has 0 spiro atoms. The van der Waals surface area contributed by atoms with E-state index in [-0.39, 0.29) is 12.1 Å². The Morgan fingerprint density at radius 2 is 1.79 bits per heavy atom. The minimum atomic E-state index is -0.563. The topological polar surface area (TPSA) is 66.4 Å². The number of carbonyl (C=O) groups excluding carboxylic acids is 2. The first-order valence-corrected chi connectivity index (χ1v) is 8.93. The fourth-order valence-electron chi connectivity index (χ4n) is 3.25. The molecule has 0 aliphatic carbocycles. The summed E-state index contributed by atoms with van der Waals surface area (Å²) in [4.78, 5) is 26.3. The van der Waals surface area contributed by atoms with Crippen LogP contribution in [0.4, 0.5) is 0 Å². The van der Waals surface area contributed by atoms with E-state index < -0.39 is 11.8 Å². The van der Waals surface area contributed by atoms with Crippen LogP contribution >= 0.6 is 0 Å². The summed E-state index contributed by atoms with van der Waals surface area (Å²) >= 11 is 0. The molecule has 1 aliphatic heterocycles. The number of likely N-dealkylation sites (tertiary alicyclic amines) is 1. The van der Waals surface area contributed by atoms with Crippen molar-refractivity contribution in [3.8, 4) is 0 Å². The third-order valence-electron chi connectivity index (χ3n) is 4.49. The van der Waals surface area contributed by atoms with E-state index >= 15 is 0 Å². The molecule has 1 aliphatic rings. The van der Waals surface area contributed by atoms with Gasteiger partial charge in [-0.05, 0) is 51.9 Å². The fraction of sp³-hybridized carbons (Fsp3) is 0.667. The second-order valence-electron chi connectivity index (χ2n) is 6.85. The zero-order valence-electron chi connectivity index (χ0n) is 15.0. The van der Waals surface area contributed by atoms with E-state index in [1.165, 1.54) is 31.4 Å². The van der Waals surface area contributed by atoms with Gasteiger partial charge in [-0.15, -0.1) is 0 Å². The molecule has 2 heterocycles. The first kappa shape index (κ1) is 18.5. The molecule has 0 saturated carbocycles. The molecule has 2 rings (SSSR count). The van der Waals surface area contributed by atoms with Gasteiger partial charge < -0.3 is 15.2 Å². The lowest BCUT2D eigenvalue weighted by Gasteiger charge is -2.31. The van der Waals surface area contributed by atoms with Gasteiger partial charge in [0, 0.05) is 31.5 Å². The fourth-order valence-corrected chi connectivity index (χ4v) is 3.25. The summed E-state index contributed by atoms with van der Waals surface area (Å²) < 4.78 is 2.09. The van der Waals surface area contributed by atoms with E-state index in [1.807, 2.05) is 33.2 Å². The van der Waals surface area contributed by atoms with E-state index in [2.05, 4.69) is 26.2 Å². The van der Waals surface area contributed by atoms with Crippen LogP contribution in [0.5, 0.6) is 0 Å². The monoisotopic (exact) mass is 334 g/mol. The van der Waals surface area contributed by atoms with Crippen molar-refractivity contribution in [1.82, 2.24) is 20.1 Å². The number of nitrogens with one attached hydrogen (secondary N) is 2. The standard InChI is InChI=1S/C18H30N4O2/c1-14(2)20-18(24)17(23)19-13-16(15-9-8-10-21(15)3)22-11-6-4-5-7-12-22/h8-10,14,16H,4-7,11-13H2,1-3H3,(H,19,23)(H,20,24). The zero-order valence-corrected chi connectivity index (χ0v) is 15.0. The SMILES string of the molecule is CC(C)NC(=O)C(=O)NCC(c1cccn1C)N1CCCCCC1. The Kier molecular flexibility index (Phi) is 6.85. The number of amides is 2. The van der Waals surface area contributed by atoms with Gasteiger partial charge in [0.25, 0.3) is 0 Å². The van der Waals surface area contributed by atoms with E-state index in [9.17, 15) is 9.59 Å². The number of aromatic nitrogens is 1. The van der Waals surface area contributed by atoms with Crippen LogP contribution in [0.1, 0.15) is 51.3 Å². The van der Waals surface area contributed by atoms with Gasteiger partial charge in [-0.25, -0.2) is 0 Å². The lowest BCUT2D eigenvalue weighted by Crippen LogP contribution is -2.46. The molecule has 1 unspecified atom stereocenters. The molecule has 0 aromatic carbocycles. The van der Waals surface area contributed by atoms with Crippen molar-refractivity contribution in [2.45, 2.75) is 51.6 Å². The summed E-state index contributed by atoms with van der Waals surface area (Å²) in [7, 11) is 2.02. The highest BCUT2D eigenvalue weighted by atomic mass is 16.2. The molecule has 1 saturated heterocycles. The maximum atomic E-state index is 12.0. The molecule has 0 radical (unpaired) electrons. The minimum Gasteiger partial charge on any atom is -0.353 e. The summed E-state index contributed by atoms with van der Waals surface area (Å²) in [5, 5.41) is 5.45. The lowest BCUT2D eigenvalue weighted by atomic mass is 10.1. The van der Waals surface area contributed by atoms with Crippen molar-refractivity contribution in [1.29, 1.82) is 0 Å². The van der Waals surface area contributed by atoms with Crippen LogP contribution in [-0.4, -0.2) is 47.0 Å². The molecule has 134 valence electrons. The zero-order chi connectivity index (χ0) is 17.5. The lowest BCUT2D eigenvalue weighted by molar-refractivity contribution is -0.139. The van der Waals surface area contributed by atoms with E-state index in [1.54, 1.807) is 0 Å². The van der Waals surface area contributed by atoms with Crippen molar-refractivity contribution in [3.63, 3.8) is 0 Å². The number of nitrogens with zero attached hydrogens (tertiary/aromatic N) is 2. The average molecular weight is 334 g/mol. The largest absolute Gasteiger partial charge is 0.353 e. The van der Waals surface area contributed by atoms with Gasteiger partial charge >= 0.3 is 11.8 Å². The Labute approximate surface area is 144 Å². The van der Waals surface area contributed by atoms with Crippen LogP contribution in [0.15, 0.2) is 18.3 Å². The number of hydrogen-bond acceptors (Lipinski definition) is 3. The summed E-state index contributed by atoms with van der Waals surface area (Å²) in [5.41, 5.74) is 1.17. The highest BCUT2D eigenvalue weighted by Gasteiger charge is 2.25. The van der Waals surface area contributed by atoms with Crippen LogP contribution in [0.2, 0.25) is 0 Å². The molecule has 2 N–H and O–H groups in total. The number of aryl methyl sites for hydroxylation is 1. The van der Waals surface area contributed by atoms with Crippen molar-refractivity contribution in [2.24, 2.45) is 7.05 Å². The second-order valence-corrected chi connectivity index (χ2v) is 6.85. The quantitative estimate of drug-likeness (QED) is 0.804. The van der Waals surface area contributed by atoms with Crippen molar-refractivity contribution in [3.05, 3.63) is 24.0 Å². The van der Waals surface area contributed by atoms with Gasteiger partial charge in [0.1, 0.15) is 0 Å². The van der Waals surface area contributed by atoms with Gasteiger partial charge in [0.15, 0.2) is 0 Å². The van der Waals surface area contributed by atoms with E-state index in [0.29, 0.717) is 6.54 Å².